The molecule has 0 unspecified atom stereocenters. The monoisotopic (exact) mass is 385 g/mol. The smallest absolute Gasteiger partial charge is 0.232 e. The quantitative estimate of drug-likeness (QED) is 0.761. The first-order valence-corrected chi connectivity index (χ1v) is 9.74. The van der Waals surface area contributed by atoms with E-state index in [0.717, 1.165) is 56.7 Å². The van der Waals surface area contributed by atoms with Crippen molar-refractivity contribution in [2.24, 2.45) is 0 Å². The van der Waals surface area contributed by atoms with Gasteiger partial charge in [0, 0.05) is 51.0 Å². The molecule has 4 heterocycles. The van der Waals surface area contributed by atoms with Crippen molar-refractivity contribution in [1.29, 1.82) is 0 Å². The highest BCUT2D eigenvalue weighted by molar-refractivity contribution is 5.48. The molecule has 0 N–H and O–H groups in total. The van der Waals surface area contributed by atoms with Gasteiger partial charge < -0.3 is 24.2 Å². The SMILES string of the molecule is COc1cc(OC)nc(N2CCN(c3cc(C)nc(N4CCCC4)n3)CC2)n1. The fraction of sp³-hybridized carbons (Fsp3) is 0.579. The zero-order valence-corrected chi connectivity index (χ0v) is 16.8. The molecule has 2 aromatic heterocycles. The molecule has 0 amide bonds. The van der Waals surface area contributed by atoms with E-state index in [1.165, 1.54) is 12.8 Å². The largest absolute Gasteiger partial charge is 0.481 e. The van der Waals surface area contributed by atoms with Gasteiger partial charge in [0.2, 0.25) is 23.7 Å². The van der Waals surface area contributed by atoms with Crippen molar-refractivity contribution in [2.45, 2.75) is 19.8 Å². The molecule has 9 nitrogen and oxygen atoms in total. The predicted octanol–water partition coefficient (Wildman–Crippen LogP) is 1.52. The van der Waals surface area contributed by atoms with Gasteiger partial charge in [-0.15, -0.1) is 0 Å². The van der Waals surface area contributed by atoms with E-state index in [0.29, 0.717) is 17.7 Å². The molecular formula is C19H27N7O2. The summed E-state index contributed by atoms with van der Waals surface area (Å²) < 4.78 is 10.5. The summed E-state index contributed by atoms with van der Waals surface area (Å²) in [6.07, 6.45) is 2.44. The number of ether oxygens (including phenoxy) is 2. The Morgan fingerprint density at radius 1 is 0.679 bits per heavy atom. The number of aromatic nitrogens is 4. The summed E-state index contributed by atoms with van der Waals surface area (Å²) in [5, 5.41) is 0. The summed E-state index contributed by atoms with van der Waals surface area (Å²) in [6, 6.07) is 3.75. The second kappa shape index (κ2) is 8.04. The van der Waals surface area contributed by atoms with E-state index in [-0.39, 0.29) is 0 Å². The number of piperazine rings is 1. The van der Waals surface area contributed by atoms with Gasteiger partial charge in [-0.1, -0.05) is 0 Å². The third-order valence-electron chi connectivity index (χ3n) is 5.19. The third-order valence-corrected chi connectivity index (χ3v) is 5.19. The molecule has 2 aromatic rings. The molecule has 0 radical (unpaired) electrons. The van der Waals surface area contributed by atoms with Crippen molar-refractivity contribution >= 4 is 17.7 Å². The van der Waals surface area contributed by atoms with Gasteiger partial charge >= 0.3 is 0 Å². The zero-order chi connectivity index (χ0) is 19.5. The number of anilines is 3. The Kier molecular flexibility index (Phi) is 5.31. The van der Waals surface area contributed by atoms with Crippen LogP contribution in [0.25, 0.3) is 0 Å². The maximum absolute atomic E-state index is 5.26. The van der Waals surface area contributed by atoms with Gasteiger partial charge in [-0.05, 0) is 19.8 Å². The maximum Gasteiger partial charge on any atom is 0.232 e. The molecule has 28 heavy (non-hydrogen) atoms. The Bertz CT molecular complexity index is 796. The average Bonchev–Trinajstić information content (AvgIpc) is 3.28. The Morgan fingerprint density at radius 2 is 1.21 bits per heavy atom. The summed E-state index contributed by atoms with van der Waals surface area (Å²) in [5.41, 5.74) is 1.01. The van der Waals surface area contributed by atoms with Crippen LogP contribution < -0.4 is 24.2 Å². The fourth-order valence-electron chi connectivity index (χ4n) is 3.64. The molecule has 0 aliphatic carbocycles. The molecule has 2 fully saturated rings. The normalized spacial score (nSPS) is 17.2. The number of rotatable bonds is 5. The fourth-order valence-corrected chi connectivity index (χ4v) is 3.64. The number of nitrogens with zero attached hydrogens (tertiary/aromatic N) is 7. The van der Waals surface area contributed by atoms with Crippen LogP contribution in [-0.2, 0) is 0 Å². The average molecular weight is 385 g/mol. The molecule has 2 saturated heterocycles. The van der Waals surface area contributed by atoms with Crippen LogP contribution in [0.3, 0.4) is 0 Å². The van der Waals surface area contributed by atoms with E-state index in [1.54, 1.807) is 20.3 Å². The van der Waals surface area contributed by atoms with E-state index in [2.05, 4.69) is 35.7 Å². The highest BCUT2D eigenvalue weighted by Gasteiger charge is 2.23. The predicted molar refractivity (Wildman–Crippen MR) is 108 cm³/mol. The van der Waals surface area contributed by atoms with Crippen LogP contribution in [-0.4, -0.2) is 73.4 Å². The van der Waals surface area contributed by atoms with Crippen molar-refractivity contribution < 1.29 is 9.47 Å². The first-order chi connectivity index (χ1) is 13.7. The van der Waals surface area contributed by atoms with Gasteiger partial charge in [0.05, 0.1) is 20.3 Å². The van der Waals surface area contributed by atoms with Crippen LogP contribution in [0.5, 0.6) is 11.8 Å². The van der Waals surface area contributed by atoms with E-state index < -0.39 is 0 Å². The molecular weight excluding hydrogens is 358 g/mol. The lowest BCUT2D eigenvalue weighted by molar-refractivity contribution is 0.371. The molecule has 0 bridgehead atoms. The first kappa shape index (κ1) is 18.5. The lowest BCUT2D eigenvalue weighted by Gasteiger charge is -2.35. The van der Waals surface area contributed by atoms with Crippen LogP contribution >= 0.6 is 0 Å². The van der Waals surface area contributed by atoms with Crippen LogP contribution in [0.1, 0.15) is 18.5 Å². The van der Waals surface area contributed by atoms with Gasteiger partial charge in [0.1, 0.15) is 5.82 Å². The van der Waals surface area contributed by atoms with Crippen molar-refractivity contribution in [3.8, 4) is 11.8 Å². The number of aryl methyl sites for hydroxylation is 1. The summed E-state index contributed by atoms with van der Waals surface area (Å²) in [5.74, 6) is 3.50. The van der Waals surface area contributed by atoms with Crippen LogP contribution in [0.4, 0.5) is 17.7 Å². The standard InChI is InChI=1S/C19H27N7O2/c1-14-12-15(21-18(20-14)25-6-4-5-7-25)24-8-10-26(11-9-24)19-22-16(27-2)13-17(23-19)28-3/h12-13H,4-11H2,1-3H3. The molecule has 0 atom stereocenters. The van der Waals surface area contributed by atoms with Crippen LogP contribution in [0.15, 0.2) is 12.1 Å². The van der Waals surface area contributed by atoms with E-state index in [4.69, 9.17) is 14.5 Å². The van der Waals surface area contributed by atoms with Crippen molar-refractivity contribution in [2.75, 3.05) is 68.2 Å². The van der Waals surface area contributed by atoms with Crippen molar-refractivity contribution in [3.63, 3.8) is 0 Å². The highest BCUT2D eigenvalue weighted by atomic mass is 16.5. The second-order valence-electron chi connectivity index (χ2n) is 7.09. The molecule has 4 rings (SSSR count). The van der Waals surface area contributed by atoms with E-state index in [1.807, 2.05) is 6.92 Å². The summed E-state index contributed by atoms with van der Waals surface area (Å²) in [6.45, 7) is 7.43. The summed E-state index contributed by atoms with van der Waals surface area (Å²) >= 11 is 0. The van der Waals surface area contributed by atoms with Crippen LogP contribution in [0.2, 0.25) is 0 Å². The van der Waals surface area contributed by atoms with Gasteiger partial charge in [-0.3, -0.25) is 0 Å². The Balaban J connectivity index is 1.47. The maximum atomic E-state index is 5.26. The minimum atomic E-state index is 0.506. The second-order valence-corrected chi connectivity index (χ2v) is 7.09. The minimum Gasteiger partial charge on any atom is -0.481 e. The first-order valence-electron chi connectivity index (χ1n) is 9.74. The molecule has 150 valence electrons. The topological polar surface area (TPSA) is 79.7 Å². The third kappa shape index (κ3) is 3.88. The number of methoxy groups -OCH3 is 2. The number of hydrogen-bond acceptors (Lipinski definition) is 9. The van der Waals surface area contributed by atoms with Gasteiger partial charge in [-0.2, -0.15) is 15.0 Å². The van der Waals surface area contributed by atoms with Crippen molar-refractivity contribution in [3.05, 3.63) is 17.8 Å². The van der Waals surface area contributed by atoms with Gasteiger partial charge in [0.25, 0.3) is 0 Å². The molecule has 0 spiro atoms. The molecule has 0 saturated carbocycles. The molecule has 9 heteroatoms. The highest BCUT2D eigenvalue weighted by Crippen LogP contribution is 2.24. The van der Waals surface area contributed by atoms with Crippen molar-refractivity contribution in [1.82, 2.24) is 19.9 Å². The molecule has 2 aliphatic rings. The Morgan fingerprint density at radius 3 is 1.82 bits per heavy atom. The van der Waals surface area contributed by atoms with E-state index >= 15 is 0 Å². The Labute approximate surface area is 165 Å². The number of hydrogen-bond donors (Lipinski definition) is 0. The van der Waals surface area contributed by atoms with Crippen LogP contribution in [0, 0.1) is 6.92 Å². The molecule has 0 aromatic carbocycles. The van der Waals surface area contributed by atoms with Gasteiger partial charge in [0.15, 0.2) is 0 Å². The van der Waals surface area contributed by atoms with E-state index in [9.17, 15) is 0 Å². The zero-order valence-electron chi connectivity index (χ0n) is 16.8. The Hall–Kier alpha value is -2.84. The summed E-state index contributed by atoms with van der Waals surface area (Å²) in [4.78, 5) is 25.1. The summed E-state index contributed by atoms with van der Waals surface area (Å²) in [7, 11) is 3.19. The molecule has 2 aliphatic heterocycles. The minimum absolute atomic E-state index is 0.506. The lowest BCUT2D eigenvalue weighted by Crippen LogP contribution is -2.47. The van der Waals surface area contributed by atoms with Gasteiger partial charge in [-0.25, -0.2) is 4.98 Å². The lowest BCUT2D eigenvalue weighted by atomic mass is 10.3.